The third kappa shape index (κ3) is 3.83. The zero-order valence-electron chi connectivity index (χ0n) is 11.8. The standard InChI is InChI=1S/C17H20ClNO/c1-12(2)19-16(13-6-4-3-5-7-13)17(20)14-8-10-15(18)11-9-14/h3-12,16-17,19-20H,1-2H3. The minimum Gasteiger partial charge on any atom is -0.386 e. The average Bonchev–Trinajstić information content (AvgIpc) is 2.45. The van der Waals surface area contributed by atoms with Crippen molar-refractivity contribution in [2.75, 3.05) is 0 Å². The third-order valence-electron chi connectivity index (χ3n) is 3.20. The predicted molar refractivity (Wildman–Crippen MR) is 83.9 cm³/mol. The van der Waals surface area contributed by atoms with Crippen molar-refractivity contribution in [1.82, 2.24) is 5.32 Å². The number of hydrogen-bond donors (Lipinski definition) is 2. The first kappa shape index (κ1) is 15.0. The molecule has 3 heteroatoms. The van der Waals surface area contributed by atoms with E-state index in [0.717, 1.165) is 11.1 Å². The second kappa shape index (κ2) is 6.89. The molecule has 0 saturated carbocycles. The fourth-order valence-electron chi connectivity index (χ4n) is 2.24. The second-order valence-electron chi connectivity index (χ2n) is 5.21. The van der Waals surface area contributed by atoms with Gasteiger partial charge >= 0.3 is 0 Å². The Morgan fingerprint density at radius 3 is 2.05 bits per heavy atom. The van der Waals surface area contributed by atoms with E-state index in [2.05, 4.69) is 19.2 Å². The lowest BCUT2D eigenvalue weighted by Gasteiger charge is -2.27. The molecule has 2 aromatic rings. The van der Waals surface area contributed by atoms with E-state index < -0.39 is 6.10 Å². The Bertz CT molecular complexity index is 524. The second-order valence-corrected chi connectivity index (χ2v) is 5.64. The number of aliphatic hydroxyl groups excluding tert-OH is 1. The lowest BCUT2D eigenvalue weighted by molar-refractivity contribution is 0.124. The van der Waals surface area contributed by atoms with Crippen LogP contribution in [-0.2, 0) is 0 Å². The van der Waals surface area contributed by atoms with Gasteiger partial charge in [-0.05, 0) is 23.3 Å². The van der Waals surface area contributed by atoms with Crippen LogP contribution in [0.15, 0.2) is 54.6 Å². The molecule has 0 aliphatic carbocycles. The maximum atomic E-state index is 10.7. The SMILES string of the molecule is CC(C)NC(c1ccccc1)C(O)c1ccc(Cl)cc1. The summed E-state index contributed by atoms with van der Waals surface area (Å²) in [5.41, 5.74) is 1.93. The molecular formula is C17H20ClNO. The molecule has 0 aliphatic heterocycles. The van der Waals surface area contributed by atoms with Crippen molar-refractivity contribution < 1.29 is 5.11 Å². The molecule has 0 bridgehead atoms. The van der Waals surface area contributed by atoms with E-state index >= 15 is 0 Å². The van der Waals surface area contributed by atoms with Crippen LogP contribution in [0.3, 0.4) is 0 Å². The van der Waals surface area contributed by atoms with Gasteiger partial charge in [0.1, 0.15) is 0 Å². The molecule has 0 radical (unpaired) electrons. The number of rotatable bonds is 5. The van der Waals surface area contributed by atoms with Gasteiger partial charge in [0.05, 0.1) is 12.1 Å². The average molecular weight is 290 g/mol. The summed E-state index contributed by atoms with van der Waals surface area (Å²) in [4.78, 5) is 0. The summed E-state index contributed by atoms with van der Waals surface area (Å²) in [5, 5.41) is 14.8. The van der Waals surface area contributed by atoms with Crippen molar-refractivity contribution in [2.45, 2.75) is 32.0 Å². The van der Waals surface area contributed by atoms with Gasteiger partial charge in [-0.15, -0.1) is 0 Å². The van der Waals surface area contributed by atoms with E-state index in [4.69, 9.17) is 11.6 Å². The van der Waals surface area contributed by atoms with Gasteiger partial charge < -0.3 is 10.4 Å². The molecule has 0 fully saturated rings. The predicted octanol–water partition coefficient (Wildman–Crippen LogP) is 4.11. The Labute approximate surface area is 125 Å². The number of halogens is 1. The quantitative estimate of drug-likeness (QED) is 0.868. The van der Waals surface area contributed by atoms with Crippen molar-refractivity contribution in [3.8, 4) is 0 Å². The number of hydrogen-bond acceptors (Lipinski definition) is 2. The molecule has 0 saturated heterocycles. The van der Waals surface area contributed by atoms with Gasteiger partial charge in [0.2, 0.25) is 0 Å². The number of nitrogens with one attached hydrogen (secondary N) is 1. The minimum absolute atomic E-state index is 0.141. The molecule has 2 rings (SSSR count). The molecule has 0 aliphatic rings. The van der Waals surface area contributed by atoms with E-state index in [1.165, 1.54) is 0 Å². The topological polar surface area (TPSA) is 32.3 Å². The van der Waals surface area contributed by atoms with Crippen molar-refractivity contribution in [1.29, 1.82) is 0 Å². The molecule has 2 atom stereocenters. The smallest absolute Gasteiger partial charge is 0.0984 e. The molecule has 0 aromatic heterocycles. The maximum absolute atomic E-state index is 10.7. The van der Waals surface area contributed by atoms with Gasteiger partial charge in [0, 0.05) is 11.1 Å². The molecule has 2 unspecified atom stereocenters. The van der Waals surface area contributed by atoms with Crippen LogP contribution in [-0.4, -0.2) is 11.1 Å². The first-order valence-corrected chi connectivity index (χ1v) is 7.20. The van der Waals surface area contributed by atoms with E-state index in [0.29, 0.717) is 5.02 Å². The Hall–Kier alpha value is -1.35. The zero-order chi connectivity index (χ0) is 14.5. The molecule has 0 spiro atoms. The molecule has 0 heterocycles. The highest BCUT2D eigenvalue weighted by molar-refractivity contribution is 6.30. The highest BCUT2D eigenvalue weighted by Gasteiger charge is 2.23. The summed E-state index contributed by atoms with van der Waals surface area (Å²) in [6.45, 7) is 4.15. The van der Waals surface area contributed by atoms with E-state index in [1.54, 1.807) is 12.1 Å². The normalized spacial score (nSPS) is 14.2. The minimum atomic E-state index is -0.614. The maximum Gasteiger partial charge on any atom is 0.0984 e. The largest absolute Gasteiger partial charge is 0.386 e. The van der Waals surface area contributed by atoms with Crippen LogP contribution in [0.5, 0.6) is 0 Å². The van der Waals surface area contributed by atoms with E-state index in [9.17, 15) is 5.11 Å². The highest BCUT2D eigenvalue weighted by atomic mass is 35.5. The Kier molecular flexibility index (Phi) is 5.18. The van der Waals surface area contributed by atoms with Crippen LogP contribution in [0.1, 0.15) is 37.1 Å². The van der Waals surface area contributed by atoms with Crippen molar-refractivity contribution >= 4 is 11.6 Å². The fraction of sp³-hybridized carbons (Fsp3) is 0.294. The van der Waals surface area contributed by atoms with Crippen molar-refractivity contribution in [3.63, 3.8) is 0 Å². The number of aliphatic hydroxyl groups is 1. The zero-order valence-corrected chi connectivity index (χ0v) is 12.5. The summed E-state index contributed by atoms with van der Waals surface area (Å²) < 4.78 is 0. The van der Waals surface area contributed by atoms with E-state index in [-0.39, 0.29) is 12.1 Å². The summed E-state index contributed by atoms with van der Waals surface area (Å²) in [6, 6.07) is 17.5. The summed E-state index contributed by atoms with van der Waals surface area (Å²) >= 11 is 5.90. The van der Waals surface area contributed by atoms with Gasteiger partial charge in [-0.1, -0.05) is 67.9 Å². The molecule has 2 aromatic carbocycles. The molecule has 2 nitrogen and oxygen atoms in total. The summed E-state index contributed by atoms with van der Waals surface area (Å²) in [6.07, 6.45) is -0.614. The van der Waals surface area contributed by atoms with Crippen molar-refractivity contribution in [2.24, 2.45) is 0 Å². The van der Waals surface area contributed by atoms with Crippen LogP contribution in [0.4, 0.5) is 0 Å². The Morgan fingerprint density at radius 1 is 0.900 bits per heavy atom. The van der Waals surface area contributed by atoms with Crippen LogP contribution < -0.4 is 5.32 Å². The number of benzene rings is 2. The van der Waals surface area contributed by atoms with E-state index in [1.807, 2.05) is 42.5 Å². The van der Waals surface area contributed by atoms with Crippen LogP contribution >= 0.6 is 11.6 Å². The van der Waals surface area contributed by atoms with Gasteiger partial charge in [-0.25, -0.2) is 0 Å². The van der Waals surface area contributed by atoms with Gasteiger partial charge in [-0.2, -0.15) is 0 Å². The summed E-state index contributed by atoms with van der Waals surface area (Å²) in [5.74, 6) is 0. The van der Waals surface area contributed by atoms with Gasteiger partial charge in [0.25, 0.3) is 0 Å². The molecule has 106 valence electrons. The van der Waals surface area contributed by atoms with Crippen LogP contribution in [0.2, 0.25) is 5.02 Å². The molecule has 0 amide bonds. The Balaban J connectivity index is 2.28. The lowest BCUT2D eigenvalue weighted by atomic mass is 9.95. The van der Waals surface area contributed by atoms with Gasteiger partial charge in [-0.3, -0.25) is 0 Å². The van der Waals surface area contributed by atoms with Crippen LogP contribution in [0, 0.1) is 0 Å². The molecule has 2 N–H and O–H groups in total. The lowest BCUT2D eigenvalue weighted by Crippen LogP contribution is -2.32. The molecule has 20 heavy (non-hydrogen) atoms. The monoisotopic (exact) mass is 289 g/mol. The molecular weight excluding hydrogens is 270 g/mol. The first-order valence-electron chi connectivity index (χ1n) is 6.82. The van der Waals surface area contributed by atoms with Gasteiger partial charge in [0.15, 0.2) is 0 Å². The fourth-order valence-corrected chi connectivity index (χ4v) is 2.37. The highest BCUT2D eigenvalue weighted by Crippen LogP contribution is 2.29. The third-order valence-corrected chi connectivity index (χ3v) is 3.45. The Morgan fingerprint density at radius 2 is 1.50 bits per heavy atom. The van der Waals surface area contributed by atoms with Crippen LogP contribution in [0.25, 0.3) is 0 Å². The summed E-state index contributed by atoms with van der Waals surface area (Å²) in [7, 11) is 0. The van der Waals surface area contributed by atoms with Crippen molar-refractivity contribution in [3.05, 3.63) is 70.7 Å². The first-order chi connectivity index (χ1) is 9.58.